The predicted molar refractivity (Wildman–Crippen MR) is 105 cm³/mol. The van der Waals surface area contributed by atoms with E-state index in [1.54, 1.807) is 18.3 Å². The van der Waals surface area contributed by atoms with E-state index in [1.807, 2.05) is 12.1 Å². The predicted octanol–water partition coefficient (Wildman–Crippen LogP) is 1.87. The van der Waals surface area contributed by atoms with E-state index >= 15 is 0 Å². The quantitative estimate of drug-likeness (QED) is 0.777. The number of nitrogens with zero attached hydrogens (tertiary/aromatic N) is 2. The van der Waals surface area contributed by atoms with Gasteiger partial charge in [-0.05, 0) is 23.8 Å². The molecule has 0 radical (unpaired) electrons. The van der Waals surface area contributed by atoms with E-state index in [0.717, 1.165) is 24.5 Å². The Kier molecular flexibility index (Phi) is 6.54. The van der Waals surface area contributed by atoms with Gasteiger partial charge in [-0.2, -0.15) is 0 Å². The highest BCUT2D eigenvalue weighted by atomic mass is 16.5. The lowest BCUT2D eigenvalue weighted by atomic mass is 10.1. The van der Waals surface area contributed by atoms with Crippen LogP contribution in [-0.2, 0) is 11.3 Å². The molecule has 8 heteroatoms. The number of carbonyl (C=O) groups is 1. The smallest absolute Gasteiger partial charge is 0.255 e. The number of nitrogens with one attached hydrogen (secondary N) is 1. The van der Waals surface area contributed by atoms with Gasteiger partial charge < -0.3 is 29.2 Å². The monoisotopic (exact) mass is 387 g/mol. The van der Waals surface area contributed by atoms with E-state index in [9.17, 15) is 4.79 Å². The molecule has 150 valence electrons. The topological polar surface area (TPSA) is 82.2 Å². The molecule has 1 aromatic carbocycles. The molecule has 0 saturated carbocycles. The van der Waals surface area contributed by atoms with Crippen molar-refractivity contribution in [3.63, 3.8) is 0 Å². The molecular formula is C20H25N3O5. The van der Waals surface area contributed by atoms with Gasteiger partial charge in [0.2, 0.25) is 5.75 Å². The first-order chi connectivity index (χ1) is 13.7. The lowest BCUT2D eigenvalue weighted by Gasteiger charge is -2.27. The number of pyridine rings is 1. The second kappa shape index (κ2) is 9.27. The van der Waals surface area contributed by atoms with E-state index in [2.05, 4.69) is 15.2 Å². The zero-order valence-electron chi connectivity index (χ0n) is 16.4. The summed E-state index contributed by atoms with van der Waals surface area (Å²) in [4.78, 5) is 19.3. The summed E-state index contributed by atoms with van der Waals surface area (Å²) < 4.78 is 21.3. The Labute approximate surface area is 164 Å². The Balaban J connectivity index is 1.67. The maximum atomic E-state index is 12.6. The third-order valence-electron chi connectivity index (χ3n) is 4.55. The van der Waals surface area contributed by atoms with Gasteiger partial charge in [0, 0.05) is 25.8 Å². The third-order valence-corrected chi connectivity index (χ3v) is 4.55. The van der Waals surface area contributed by atoms with Crippen LogP contribution in [0.2, 0.25) is 0 Å². The zero-order valence-corrected chi connectivity index (χ0v) is 16.4. The normalized spacial score (nSPS) is 13.8. The fourth-order valence-electron chi connectivity index (χ4n) is 3.06. The molecule has 0 bridgehead atoms. The largest absolute Gasteiger partial charge is 0.493 e. The van der Waals surface area contributed by atoms with Crippen molar-refractivity contribution >= 4 is 11.7 Å². The Morgan fingerprint density at radius 2 is 1.82 bits per heavy atom. The first kappa shape index (κ1) is 19.8. The van der Waals surface area contributed by atoms with E-state index < -0.39 is 0 Å². The van der Waals surface area contributed by atoms with Gasteiger partial charge in [-0.3, -0.25) is 4.79 Å². The number of morpholine rings is 1. The van der Waals surface area contributed by atoms with Crippen LogP contribution in [-0.4, -0.2) is 58.5 Å². The zero-order chi connectivity index (χ0) is 19.9. The maximum Gasteiger partial charge on any atom is 0.255 e. The second-order valence-electron chi connectivity index (χ2n) is 6.19. The van der Waals surface area contributed by atoms with Crippen LogP contribution in [0.1, 0.15) is 15.9 Å². The van der Waals surface area contributed by atoms with Crippen molar-refractivity contribution < 1.29 is 23.7 Å². The summed E-state index contributed by atoms with van der Waals surface area (Å²) in [6, 6.07) is 7.25. The number of ether oxygens (including phenoxy) is 4. The van der Waals surface area contributed by atoms with E-state index in [4.69, 9.17) is 18.9 Å². The summed E-state index contributed by atoms with van der Waals surface area (Å²) in [5.41, 5.74) is 1.28. The van der Waals surface area contributed by atoms with Crippen molar-refractivity contribution in [2.24, 2.45) is 0 Å². The van der Waals surface area contributed by atoms with Gasteiger partial charge in [-0.25, -0.2) is 4.98 Å². The standard InChI is InChI=1S/C20H25N3O5/c1-25-16-6-5-15(18(26-2)19(16)27-3)20(24)22-13-14-4-7-17(21-12-14)23-8-10-28-11-9-23/h4-7,12H,8-11,13H2,1-3H3,(H,22,24). The fourth-order valence-corrected chi connectivity index (χ4v) is 3.06. The molecular weight excluding hydrogens is 362 g/mol. The van der Waals surface area contributed by atoms with Crippen LogP contribution < -0.4 is 24.4 Å². The number of hydrogen-bond acceptors (Lipinski definition) is 7. The minimum atomic E-state index is -0.268. The summed E-state index contributed by atoms with van der Waals surface area (Å²) in [5, 5.41) is 2.89. The van der Waals surface area contributed by atoms with Gasteiger partial charge in [-0.15, -0.1) is 0 Å². The van der Waals surface area contributed by atoms with Crippen LogP contribution in [0.25, 0.3) is 0 Å². The SMILES string of the molecule is COc1ccc(C(=O)NCc2ccc(N3CCOCC3)nc2)c(OC)c1OC. The highest BCUT2D eigenvalue weighted by Crippen LogP contribution is 2.39. The average Bonchev–Trinajstić information content (AvgIpc) is 2.77. The van der Waals surface area contributed by atoms with Gasteiger partial charge in [0.25, 0.3) is 5.91 Å². The van der Waals surface area contributed by atoms with Gasteiger partial charge in [0.15, 0.2) is 11.5 Å². The first-order valence-corrected chi connectivity index (χ1v) is 9.02. The summed E-state index contributed by atoms with van der Waals surface area (Å²) in [6.45, 7) is 3.45. The van der Waals surface area contributed by atoms with Crippen LogP contribution in [0.5, 0.6) is 17.2 Å². The first-order valence-electron chi connectivity index (χ1n) is 9.02. The summed E-state index contributed by atoms with van der Waals surface area (Å²) in [5.74, 6) is 1.86. The minimum absolute atomic E-state index is 0.268. The lowest BCUT2D eigenvalue weighted by Crippen LogP contribution is -2.36. The molecule has 1 aromatic heterocycles. The molecule has 1 aliphatic heterocycles. The Morgan fingerprint density at radius 1 is 1.07 bits per heavy atom. The number of amides is 1. The second-order valence-corrected chi connectivity index (χ2v) is 6.19. The number of methoxy groups -OCH3 is 3. The van der Waals surface area contributed by atoms with Gasteiger partial charge in [0.05, 0.1) is 40.1 Å². The summed E-state index contributed by atoms with van der Waals surface area (Å²) in [6.07, 6.45) is 1.77. The van der Waals surface area contributed by atoms with Crippen LogP contribution in [0.3, 0.4) is 0 Å². The van der Waals surface area contributed by atoms with Crippen molar-refractivity contribution in [1.29, 1.82) is 0 Å². The molecule has 0 spiro atoms. The van der Waals surface area contributed by atoms with Gasteiger partial charge >= 0.3 is 0 Å². The Morgan fingerprint density at radius 3 is 2.43 bits per heavy atom. The highest BCUT2D eigenvalue weighted by molar-refractivity contribution is 5.98. The number of aromatic nitrogens is 1. The Hall–Kier alpha value is -3.00. The molecule has 0 atom stereocenters. The van der Waals surface area contributed by atoms with Crippen LogP contribution >= 0.6 is 0 Å². The summed E-state index contributed by atoms with van der Waals surface area (Å²) >= 11 is 0. The molecule has 1 N–H and O–H groups in total. The fraction of sp³-hybridized carbons (Fsp3) is 0.400. The van der Waals surface area contributed by atoms with Crippen molar-refractivity contribution in [2.75, 3.05) is 52.5 Å². The lowest BCUT2D eigenvalue weighted by molar-refractivity contribution is 0.0947. The number of benzene rings is 1. The number of carbonyl (C=O) groups excluding carboxylic acids is 1. The number of anilines is 1. The molecule has 0 unspecified atom stereocenters. The van der Waals surface area contributed by atoms with Gasteiger partial charge in [0.1, 0.15) is 5.82 Å². The van der Waals surface area contributed by atoms with E-state index in [1.165, 1.54) is 21.3 Å². The van der Waals surface area contributed by atoms with Crippen molar-refractivity contribution in [1.82, 2.24) is 10.3 Å². The molecule has 1 fully saturated rings. The molecule has 1 saturated heterocycles. The van der Waals surface area contributed by atoms with Gasteiger partial charge in [-0.1, -0.05) is 6.07 Å². The van der Waals surface area contributed by atoms with Crippen LogP contribution in [0.15, 0.2) is 30.5 Å². The Bertz CT molecular complexity index is 804. The molecule has 3 rings (SSSR count). The minimum Gasteiger partial charge on any atom is -0.493 e. The van der Waals surface area contributed by atoms with Crippen molar-refractivity contribution in [2.45, 2.75) is 6.54 Å². The number of rotatable bonds is 7. The van der Waals surface area contributed by atoms with E-state index in [0.29, 0.717) is 42.6 Å². The molecule has 8 nitrogen and oxygen atoms in total. The molecule has 28 heavy (non-hydrogen) atoms. The highest BCUT2D eigenvalue weighted by Gasteiger charge is 2.20. The van der Waals surface area contributed by atoms with Crippen LogP contribution in [0.4, 0.5) is 5.82 Å². The average molecular weight is 387 g/mol. The molecule has 2 heterocycles. The molecule has 1 aliphatic rings. The molecule has 2 aromatic rings. The molecule has 1 amide bonds. The number of hydrogen-bond donors (Lipinski definition) is 1. The summed E-state index contributed by atoms with van der Waals surface area (Å²) in [7, 11) is 4.52. The third kappa shape index (κ3) is 4.28. The molecule has 0 aliphatic carbocycles. The van der Waals surface area contributed by atoms with Crippen molar-refractivity contribution in [3.05, 3.63) is 41.6 Å². The van der Waals surface area contributed by atoms with E-state index in [-0.39, 0.29) is 5.91 Å². The maximum absolute atomic E-state index is 12.6. The van der Waals surface area contributed by atoms with Crippen LogP contribution in [0, 0.1) is 0 Å². The van der Waals surface area contributed by atoms with Crippen molar-refractivity contribution in [3.8, 4) is 17.2 Å².